The predicted molar refractivity (Wildman–Crippen MR) is 173 cm³/mol. The molecule has 0 atom stereocenters. The van der Waals surface area contributed by atoms with Gasteiger partial charge < -0.3 is 0 Å². The van der Waals surface area contributed by atoms with Crippen LogP contribution in [0, 0.1) is 0 Å². The molecule has 0 aliphatic heterocycles. The van der Waals surface area contributed by atoms with E-state index in [2.05, 4.69) is 0 Å². The Hall–Kier alpha value is -5.20. The third kappa shape index (κ3) is 3.61. The summed E-state index contributed by atoms with van der Waals surface area (Å²) in [4.78, 5) is 0. The van der Waals surface area contributed by atoms with E-state index in [1.165, 1.54) is 12.1 Å². The van der Waals surface area contributed by atoms with Gasteiger partial charge in [0.2, 0.25) is 0 Å². The lowest BCUT2D eigenvalue weighted by atomic mass is 9.83. The molecule has 0 saturated carbocycles. The smallest absolute Gasteiger partial charge is 0.0622 e. The Morgan fingerprint density at radius 2 is 0.875 bits per heavy atom. The fourth-order valence-electron chi connectivity index (χ4n) is 4.91. The van der Waals surface area contributed by atoms with Crippen LogP contribution in [0.5, 0.6) is 0 Å². The van der Waals surface area contributed by atoms with Gasteiger partial charge in [-0.15, -0.1) is 0 Å². The first-order valence-corrected chi connectivity index (χ1v) is 12.2. The van der Waals surface area contributed by atoms with Gasteiger partial charge >= 0.3 is 0 Å². The van der Waals surface area contributed by atoms with Gasteiger partial charge in [-0.1, -0.05) is 139 Å². The highest BCUT2D eigenvalue weighted by atomic mass is 14.2. The highest BCUT2D eigenvalue weighted by Crippen LogP contribution is 2.46. The van der Waals surface area contributed by atoms with Gasteiger partial charge in [0.1, 0.15) is 0 Å². The molecule has 0 aromatic heterocycles. The average Bonchev–Trinajstić information content (AvgIpc) is 3.24. The monoisotopic (exact) mass is 527 g/mol. The Bertz CT molecular complexity index is 3280. The molecule has 0 N–H and O–H groups in total. The van der Waals surface area contributed by atoms with Crippen LogP contribution < -0.4 is 0 Å². The molecule has 0 bridgehead atoms. The van der Waals surface area contributed by atoms with Crippen molar-refractivity contribution in [3.8, 4) is 33.4 Å². The molecular formula is C40H26. The highest BCUT2D eigenvalue weighted by Gasteiger charge is 2.18. The summed E-state index contributed by atoms with van der Waals surface area (Å²) in [5.74, 6) is 0. The molecule has 0 unspecified atom stereocenters. The van der Waals surface area contributed by atoms with Crippen LogP contribution >= 0.6 is 0 Å². The lowest BCUT2D eigenvalue weighted by Crippen LogP contribution is -1.92. The summed E-state index contributed by atoms with van der Waals surface area (Å²) in [5.41, 5.74) is -2.24. The topological polar surface area (TPSA) is 0 Å². The van der Waals surface area contributed by atoms with Crippen molar-refractivity contribution in [2.45, 2.75) is 0 Å². The summed E-state index contributed by atoms with van der Waals surface area (Å²) in [5, 5.41) is -4.28. The van der Waals surface area contributed by atoms with Gasteiger partial charge in [-0.25, -0.2) is 0 Å². The Morgan fingerprint density at radius 1 is 0.350 bits per heavy atom. The molecular weight excluding hydrogens is 480 g/mol. The molecule has 0 saturated heterocycles. The maximum Gasteiger partial charge on any atom is 0.0636 e. The van der Waals surface area contributed by atoms with Crippen molar-refractivity contribution in [2.24, 2.45) is 0 Å². The van der Waals surface area contributed by atoms with E-state index in [9.17, 15) is 11.0 Å². The first-order chi connectivity index (χ1) is 28.6. The minimum absolute atomic E-state index is 0.190. The maximum atomic E-state index is 9.80. The molecule has 0 fully saturated rings. The molecule has 0 aliphatic carbocycles. The van der Waals surface area contributed by atoms with E-state index in [1.54, 1.807) is 18.2 Å². The van der Waals surface area contributed by atoms with Crippen LogP contribution in [-0.2, 0) is 0 Å². The molecule has 8 aromatic carbocycles. The first kappa shape index (κ1) is 10.1. The van der Waals surface area contributed by atoms with Crippen molar-refractivity contribution < 1.29 is 28.8 Å². The van der Waals surface area contributed by atoms with Gasteiger partial charge in [-0.05, 0) is 94.6 Å². The molecule has 40 heavy (non-hydrogen) atoms. The Morgan fingerprint density at radius 3 is 1.55 bits per heavy atom. The third-order valence-electron chi connectivity index (χ3n) is 6.62. The van der Waals surface area contributed by atoms with E-state index in [4.69, 9.17) is 17.8 Å². The van der Waals surface area contributed by atoms with Crippen LogP contribution in [0.25, 0.3) is 76.5 Å². The minimum atomic E-state index is -0.888. The van der Waals surface area contributed by atoms with Crippen molar-refractivity contribution in [1.82, 2.24) is 0 Å². The zero-order chi connectivity index (χ0) is 44.7. The number of fused-ring (bicyclic) bond motifs is 4. The van der Waals surface area contributed by atoms with Crippen molar-refractivity contribution >= 4 is 43.1 Å². The zero-order valence-corrected chi connectivity index (χ0v) is 20.4. The highest BCUT2D eigenvalue weighted by molar-refractivity contribution is 6.24. The molecule has 0 aliphatic rings. The number of rotatable bonds is 3. The minimum Gasteiger partial charge on any atom is -0.0622 e. The van der Waals surface area contributed by atoms with Crippen LogP contribution in [0.4, 0.5) is 0 Å². The molecule has 0 heterocycles. The van der Waals surface area contributed by atoms with Gasteiger partial charge in [0.15, 0.2) is 0 Å². The summed E-state index contributed by atoms with van der Waals surface area (Å²) in [6, 6.07) is -8.87. The van der Waals surface area contributed by atoms with Gasteiger partial charge in [-0.2, -0.15) is 0 Å². The quantitative estimate of drug-likeness (QED) is 0.200. The third-order valence-corrected chi connectivity index (χ3v) is 6.62. The molecule has 0 nitrogen and oxygen atoms in total. The van der Waals surface area contributed by atoms with Crippen molar-refractivity contribution in [3.05, 3.63) is 157 Å². The lowest BCUT2D eigenvalue weighted by Gasteiger charge is -2.20. The summed E-state index contributed by atoms with van der Waals surface area (Å²) in [6.07, 6.45) is 0. The fourth-order valence-corrected chi connectivity index (χ4v) is 4.91. The van der Waals surface area contributed by atoms with Crippen molar-refractivity contribution in [3.63, 3.8) is 0 Å². The molecule has 0 radical (unpaired) electrons. The van der Waals surface area contributed by atoms with E-state index in [1.807, 2.05) is 0 Å². The van der Waals surface area contributed by atoms with E-state index in [0.717, 1.165) is 0 Å². The van der Waals surface area contributed by atoms with Crippen molar-refractivity contribution in [1.29, 1.82) is 0 Å². The molecule has 8 aromatic rings. The largest absolute Gasteiger partial charge is 0.0636 e. The number of benzene rings is 8. The van der Waals surface area contributed by atoms with Gasteiger partial charge in [0.25, 0.3) is 0 Å². The number of hydrogen-bond acceptors (Lipinski definition) is 0. The van der Waals surface area contributed by atoms with Gasteiger partial charge in [0.05, 0.1) is 28.8 Å². The van der Waals surface area contributed by atoms with Crippen LogP contribution in [-0.4, -0.2) is 0 Å². The molecule has 8 rings (SSSR count). The van der Waals surface area contributed by atoms with E-state index >= 15 is 0 Å². The zero-order valence-electron chi connectivity index (χ0n) is 41.4. The Balaban J connectivity index is 1.81. The molecule has 0 heteroatoms. The Kier molecular flexibility index (Phi) is 2.32. The van der Waals surface area contributed by atoms with Crippen LogP contribution in [0.15, 0.2) is 157 Å². The second kappa shape index (κ2) is 9.22. The first-order valence-electron chi connectivity index (χ1n) is 22.7. The second-order valence-corrected chi connectivity index (χ2v) is 8.87. The summed E-state index contributed by atoms with van der Waals surface area (Å²) in [6.45, 7) is 0. The lowest BCUT2D eigenvalue weighted by molar-refractivity contribution is 1.63. The van der Waals surface area contributed by atoms with E-state index < -0.39 is 192 Å². The van der Waals surface area contributed by atoms with Crippen LogP contribution in [0.3, 0.4) is 0 Å². The van der Waals surface area contributed by atoms with E-state index in [0.29, 0.717) is 0 Å². The van der Waals surface area contributed by atoms with Gasteiger partial charge in [-0.3, -0.25) is 0 Å². The van der Waals surface area contributed by atoms with Crippen molar-refractivity contribution in [2.75, 3.05) is 0 Å². The average molecular weight is 528 g/mol. The number of hydrogen-bond donors (Lipinski definition) is 0. The normalized spacial score (nSPS) is 18.9. The molecule has 0 amide bonds. The van der Waals surface area contributed by atoms with Crippen LogP contribution in [0.2, 0.25) is 0 Å². The summed E-state index contributed by atoms with van der Waals surface area (Å²) >= 11 is 0. The summed E-state index contributed by atoms with van der Waals surface area (Å²) in [7, 11) is 0. The predicted octanol–water partition coefficient (Wildman–Crippen LogP) is 11.3. The fraction of sp³-hybridized carbons (Fsp3) is 0. The Labute approximate surface area is 263 Å². The SMILES string of the molecule is [2H]c1c([2H])c([2H])c2c([2H])c(-c3c4c([2H])c([2H])c([2H])c([2H])c4c(-c4c([2H])c(-c5ccccc5)c([2H])c5c([2H])c([2H])c([2H])c([2H])c45)c4c([2H])c([2H])c([2H])c([2H])c34)c([2H])c([2H])c2c1[2H]. The second-order valence-electron chi connectivity index (χ2n) is 8.87. The van der Waals surface area contributed by atoms with Crippen LogP contribution in [0.1, 0.15) is 28.8 Å². The van der Waals surface area contributed by atoms with E-state index in [-0.39, 0.29) is 11.1 Å². The maximum absolute atomic E-state index is 9.80. The van der Waals surface area contributed by atoms with Gasteiger partial charge in [0, 0.05) is 0 Å². The standard InChI is InChI=1S/C40H26/c1-2-12-27(13-3-1)32-25-30-16-6-7-17-33(30)38(26-32)40-36-20-10-8-18-34(36)39(35-19-9-11-21-37(35)40)31-23-22-28-14-4-5-15-29(28)24-31/h1-26H/i4D,5D,6D,7D,8D,9D,10D,11D,14D,15D,16D,17D,18D,19D,20D,21D,22D,23D,24D,25D,26D. The molecule has 186 valence electrons. The summed E-state index contributed by atoms with van der Waals surface area (Å²) < 4.78 is 189. The molecule has 0 spiro atoms.